The quantitative estimate of drug-likeness (QED) is 0.462. The molecule has 2 heterocycles. The summed E-state index contributed by atoms with van der Waals surface area (Å²) in [4.78, 5) is 47.6. The Morgan fingerprint density at radius 3 is 2.31 bits per heavy atom. The molecule has 1 aliphatic carbocycles. The maximum absolute atomic E-state index is 13.3. The summed E-state index contributed by atoms with van der Waals surface area (Å²) in [5, 5.41) is 5.03. The van der Waals surface area contributed by atoms with Crippen LogP contribution in [0.2, 0.25) is 0 Å². The smallest absolute Gasteiger partial charge is 0.417 e. The van der Waals surface area contributed by atoms with E-state index in [1.165, 1.54) is 30.3 Å². The molecule has 212 valence electrons. The van der Waals surface area contributed by atoms with Gasteiger partial charge in [-0.05, 0) is 70.2 Å². The summed E-state index contributed by atoms with van der Waals surface area (Å²) in [6.07, 6.45) is -1.61. The fourth-order valence-electron chi connectivity index (χ4n) is 3.82. The van der Waals surface area contributed by atoms with Crippen LogP contribution >= 0.6 is 0 Å². The molecule has 2 aromatic heterocycles. The van der Waals surface area contributed by atoms with E-state index in [9.17, 15) is 27.6 Å². The van der Waals surface area contributed by atoms with Crippen molar-refractivity contribution in [3.05, 3.63) is 47.4 Å². The summed E-state index contributed by atoms with van der Waals surface area (Å²) in [5.41, 5.74) is -0.698. The Labute approximate surface area is 224 Å². The van der Waals surface area contributed by atoms with Crippen LogP contribution in [0.25, 0.3) is 0 Å². The van der Waals surface area contributed by atoms with Gasteiger partial charge in [0.15, 0.2) is 0 Å². The SMILES string of the molecule is COC[C@H](C1CC1)N(Cc1ccc(C(F)(F)F)cn1)C(=O)C(=O)Nc1cnc(NC(=O)OC(C)(C)C)c(C)c1. The van der Waals surface area contributed by atoms with Crippen molar-refractivity contribution in [2.75, 3.05) is 24.4 Å². The van der Waals surface area contributed by atoms with Gasteiger partial charge in [0.2, 0.25) is 0 Å². The highest BCUT2D eigenvalue weighted by Gasteiger charge is 2.40. The van der Waals surface area contributed by atoms with Crippen LogP contribution in [0.4, 0.5) is 29.5 Å². The first-order valence-corrected chi connectivity index (χ1v) is 12.3. The summed E-state index contributed by atoms with van der Waals surface area (Å²) in [5.74, 6) is -1.53. The normalized spacial score (nSPS) is 14.4. The van der Waals surface area contributed by atoms with Crippen molar-refractivity contribution in [2.24, 2.45) is 5.92 Å². The van der Waals surface area contributed by atoms with Gasteiger partial charge in [0.05, 0.1) is 42.3 Å². The van der Waals surface area contributed by atoms with E-state index in [4.69, 9.17) is 9.47 Å². The molecule has 1 fully saturated rings. The minimum absolute atomic E-state index is 0.0956. The van der Waals surface area contributed by atoms with Crippen LogP contribution in [0, 0.1) is 12.8 Å². The number of rotatable bonds is 8. The van der Waals surface area contributed by atoms with Gasteiger partial charge in [-0.1, -0.05) is 0 Å². The van der Waals surface area contributed by atoms with Gasteiger partial charge in [-0.2, -0.15) is 13.2 Å². The van der Waals surface area contributed by atoms with Crippen LogP contribution in [0.15, 0.2) is 30.6 Å². The average molecular weight is 552 g/mol. The predicted octanol–water partition coefficient (Wildman–Crippen LogP) is 4.54. The highest BCUT2D eigenvalue weighted by atomic mass is 19.4. The van der Waals surface area contributed by atoms with Gasteiger partial charge < -0.3 is 19.7 Å². The summed E-state index contributed by atoms with van der Waals surface area (Å²) < 4.78 is 49.3. The third-order valence-electron chi connectivity index (χ3n) is 5.80. The number of halogens is 3. The lowest BCUT2D eigenvalue weighted by molar-refractivity contribution is -0.146. The third-order valence-corrected chi connectivity index (χ3v) is 5.80. The summed E-state index contributed by atoms with van der Waals surface area (Å²) in [6.45, 7) is 6.79. The molecule has 0 spiro atoms. The van der Waals surface area contributed by atoms with Gasteiger partial charge in [0, 0.05) is 13.3 Å². The Bertz CT molecular complexity index is 1190. The third kappa shape index (κ3) is 8.63. The number of pyridine rings is 2. The molecule has 0 bridgehead atoms. The largest absolute Gasteiger partial charge is 0.444 e. The number of methoxy groups -OCH3 is 1. The molecule has 0 radical (unpaired) electrons. The highest BCUT2D eigenvalue weighted by molar-refractivity contribution is 6.39. The molecule has 0 aliphatic heterocycles. The minimum atomic E-state index is -4.54. The van der Waals surface area contributed by atoms with E-state index < -0.39 is 41.3 Å². The summed E-state index contributed by atoms with van der Waals surface area (Å²) in [7, 11) is 1.47. The standard InChI is InChI=1S/C26H32F3N5O5/c1-15-10-19(12-31-21(15)33-24(37)39-25(2,3)4)32-22(35)23(36)34(20(14-38-5)16-6-7-16)13-18-9-8-17(11-30-18)26(27,28)29/h8-12,16,20H,6-7,13-14H2,1-5H3,(H,32,35)(H,31,33,37)/t20-/m1/s1. The minimum Gasteiger partial charge on any atom is -0.444 e. The van der Waals surface area contributed by atoms with Crippen LogP contribution < -0.4 is 10.6 Å². The number of aromatic nitrogens is 2. The maximum atomic E-state index is 13.3. The van der Waals surface area contributed by atoms with E-state index in [0.717, 1.165) is 18.9 Å². The number of amides is 3. The van der Waals surface area contributed by atoms with E-state index in [0.29, 0.717) is 11.8 Å². The lowest BCUT2D eigenvalue weighted by Crippen LogP contribution is -2.48. The van der Waals surface area contributed by atoms with Crippen molar-refractivity contribution in [1.82, 2.24) is 14.9 Å². The zero-order valence-electron chi connectivity index (χ0n) is 22.4. The second-order valence-electron chi connectivity index (χ2n) is 10.3. The van der Waals surface area contributed by atoms with E-state index in [2.05, 4.69) is 20.6 Å². The molecule has 10 nitrogen and oxygen atoms in total. The van der Waals surface area contributed by atoms with E-state index in [1.807, 2.05) is 0 Å². The molecule has 3 amide bonds. The molecule has 0 saturated heterocycles. The maximum Gasteiger partial charge on any atom is 0.417 e. The van der Waals surface area contributed by atoms with Crippen LogP contribution in [-0.4, -0.2) is 58.1 Å². The topological polar surface area (TPSA) is 123 Å². The number of alkyl halides is 3. The first-order valence-electron chi connectivity index (χ1n) is 12.3. The zero-order valence-corrected chi connectivity index (χ0v) is 22.4. The van der Waals surface area contributed by atoms with Crippen LogP contribution in [0.3, 0.4) is 0 Å². The van der Waals surface area contributed by atoms with Crippen molar-refractivity contribution >= 4 is 29.4 Å². The fraction of sp³-hybridized carbons (Fsp3) is 0.500. The number of ether oxygens (including phenoxy) is 2. The fourth-order valence-corrected chi connectivity index (χ4v) is 3.82. The Morgan fingerprint density at radius 1 is 1.10 bits per heavy atom. The predicted molar refractivity (Wildman–Crippen MR) is 136 cm³/mol. The molecule has 1 atom stereocenters. The second-order valence-corrected chi connectivity index (χ2v) is 10.3. The van der Waals surface area contributed by atoms with Crippen LogP contribution in [-0.2, 0) is 31.8 Å². The van der Waals surface area contributed by atoms with Gasteiger partial charge in [-0.15, -0.1) is 0 Å². The molecule has 2 N–H and O–H groups in total. The first kappa shape index (κ1) is 29.8. The Kier molecular flexibility index (Phi) is 9.15. The number of aryl methyl sites for hydroxylation is 1. The van der Waals surface area contributed by atoms with E-state index in [-0.39, 0.29) is 36.3 Å². The molecule has 13 heteroatoms. The van der Waals surface area contributed by atoms with E-state index >= 15 is 0 Å². The average Bonchev–Trinajstić information content (AvgIpc) is 3.66. The monoisotopic (exact) mass is 551 g/mol. The summed E-state index contributed by atoms with van der Waals surface area (Å²) >= 11 is 0. The lowest BCUT2D eigenvalue weighted by Gasteiger charge is -2.31. The van der Waals surface area contributed by atoms with E-state index in [1.54, 1.807) is 27.7 Å². The Balaban J connectivity index is 1.75. The number of hydrogen-bond acceptors (Lipinski definition) is 7. The molecule has 0 unspecified atom stereocenters. The number of carbonyl (C=O) groups excluding carboxylic acids is 3. The number of hydrogen-bond donors (Lipinski definition) is 2. The van der Waals surface area contributed by atoms with Gasteiger partial charge in [-0.3, -0.25) is 19.9 Å². The van der Waals surface area contributed by atoms with Crippen LogP contribution in [0.1, 0.15) is 50.4 Å². The molecule has 0 aromatic carbocycles. The number of nitrogens with zero attached hydrogens (tertiary/aromatic N) is 3. The molecular formula is C26H32F3N5O5. The number of nitrogens with one attached hydrogen (secondary N) is 2. The van der Waals surface area contributed by atoms with Gasteiger partial charge in [0.25, 0.3) is 0 Å². The van der Waals surface area contributed by atoms with Crippen molar-refractivity contribution in [2.45, 2.75) is 64.9 Å². The van der Waals surface area contributed by atoms with Gasteiger partial charge in [0.1, 0.15) is 11.4 Å². The molecular weight excluding hydrogens is 519 g/mol. The van der Waals surface area contributed by atoms with Crippen molar-refractivity contribution in [1.29, 1.82) is 0 Å². The zero-order chi connectivity index (χ0) is 29.0. The Morgan fingerprint density at radius 2 is 1.79 bits per heavy atom. The highest BCUT2D eigenvalue weighted by Crippen LogP contribution is 2.36. The number of carbonyl (C=O) groups is 3. The van der Waals surface area contributed by atoms with Gasteiger partial charge in [-0.25, -0.2) is 9.78 Å². The van der Waals surface area contributed by atoms with Crippen LogP contribution in [0.5, 0.6) is 0 Å². The molecule has 1 saturated carbocycles. The van der Waals surface area contributed by atoms with Crippen molar-refractivity contribution in [3.8, 4) is 0 Å². The molecule has 2 aromatic rings. The number of anilines is 2. The molecule has 39 heavy (non-hydrogen) atoms. The van der Waals surface area contributed by atoms with Crippen molar-refractivity contribution < 1.29 is 37.0 Å². The Hall–Kier alpha value is -3.74. The van der Waals surface area contributed by atoms with Crippen molar-refractivity contribution in [3.63, 3.8) is 0 Å². The first-order chi connectivity index (χ1) is 18.2. The van der Waals surface area contributed by atoms with Gasteiger partial charge >= 0.3 is 24.1 Å². The summed E-state index contributed by atoms with van der Waals surface area (Å²) in [6, 6.07) is 3.13. The lowest BCUT2D eigenvalue weighted by atomic mass is 10.1. The molecule has 3 rings (SSSR count). The molecule has 1 aliphatic rings. The second kappa shape index (κ2) is 12.0.